The van der Waals surface area contributed by atoms with Gasteiger partial charge in [0, 0.05) is 13.1 Å². The van der Waals surface area contributed by atoms with E-state index in [9.17, 15) is 9.59 Å². The first-order chi connectivity index (χ1) is 11.6. The molecule has 1 fully saturated rings. The quantitative estimate of drug-likeness (QED) is 0.779. The molecule has 0 spiro atoms. The van der Waals surface area contributed by atoms with Crippen LogP contribution in [0.3, 0.4) is 0 Å². The number of carboxylic acids is 1. The van der Waals surface area contributed by atoms with Crippen LogP contribution >= 0.6 is 11.3 Å². The molecule has 1 aliphatic rings. The standard InChI is InChI=1S/C16H19N3O4S/c1-2-3-6-23-16(22)17-11-8-19(9-11)15-18-12-5-4-10(14(20)21)7-13(12)24-15/h4-5,7,11H,2-3,6,8-9H2,1H3,(H,17,22)(H,20,21). The van der Waals surface area contributed by atoms with Crippen LogP contribution in [-0.4, -0.2) is 47.9 Å². The molecule has 0 radical (unpaired) electrons. The fraction of sp³-hybridized carbons (Fsp3) is 0.438. The third-order valence-corrected chi connectivity index (χ3v) is 4.91. The van der Waals surface area contributed by atoms with Gasteiger partial charge in [0.05, 0.1) is 28.4 Å². The smallest absolute Gasteiger partial charge is 0.407 e. The molecule has 128 valence electrons. The van der Waals surface area contributed by atoms with Crippen LogP contribution in [0.4, 0.5) is 9.93 Å². The summed E-state index contributed by atoms with van der Waals surface area (Å²) in [6, 6.07) is 4.97. The van der Waals surface area contributed by atoms with Crippen LogP contribution in [0.5, 0.6) is 0 Å². The number of hydrogen-bond acceptors (Lipinski definition) is 6. The van der Waals surface area contributed by atoms with E-state index in [4.69, 9.17) is 9.84 Å². The number of anilines is 1. The van der Waals surface area contributed by atoms with E-state index in [2.05, 4.69) is 15.2 Å². The van der Waals surface area contributed by atoms with Crippen molar-refractivity contribution in [3.05, 3.63) is 23.8 Å². The van der Waals surface area contributed by atoms with E-state index in [0.29, 0.717) is 19.7 Å². The number of hydrogen-bond donors (Lipinski definition) is 2. The van der Waals surface area contributed by atoms with E-state index in [0.717, 1.165) is 28.2 Å². The second kappa shape index (κ2) is 7.04. The number of aromatic nitrogens is 1. The van der Waals surface area contributed by atoms with Gasteiger partial charge in [-0.25, -0.2) is 14.6 Å². The minimum atomic E-state index is -0.943. The SMILES string of the molecule is CCCCOC(=O)NC1CN(c2nc3ccc(C(=O)O)cc3s2)C1. The highest BCUT2D eigenvalue weighted by Gasteiger charge is 2.30. The summed E-state index contributed by atoms with van der Waals surface area (Å²) in [7, 11) is 0. The third-order valence-electron chi connectivity index (χ3n) is 3.83. The summed E-state index contributed by atoms with van der Waals surface area (Å²) in [4.78, 5) is 29.2. The predicted molar refractivity (Wildman–Crippen MR) is 92.0 cm³/mol. The van der Waals surface area contributed by atoms with E-state index in [-0.39, 0.29) is 17.7 Å². The van der Waals surface area contributed by atoms with Crippen molar-refractivity contribution in [3.63, 3.8) is 0 Å². The topological polar surface area (TPSA) is 91.8 Å². The van der Waals surface area contributed by atoms with E-state index in [1.807, 2.05) is 6.92 Å². The van der Waals surface area contributed by atoms with Crippen molar-refractivity contribution >= 4 is 38.7 Å². The third kappa shape index (κ3) is 3.59. The number of thiazole rings is 1. The average molecular weight is 349 g/mol. The number of amides is 1. The largest absolute Gasteiger partial charge is 0.478 e. The molecular weight excluding hydrogens is 330 g/mol. The van der Waals surface area contributed by atoms with Crippen LogP contribution in [-0.2, 0) is 4.74 Å². The fourth-order valence-corrected chi connectivity index (χ4v) is 3.45. The number of rotatable bonds is 6. The number of alkyl carbamates (subject to hydrolysis) is 1. The zero-order chi connectivity index (χ0) is 17.1. The van der Waals surface area contributed by atoms with Crippen molar-refractivity contribution in [1.29, 1.82) is 0 Å². The monoisotopic (exact) mass is 349 g/mol. The van der Waals surface area contributed by atoms with Gasteiger partial charge >= 0.3 is 12.1 Å². The van der Waals surface area contributed by atoms with Gasteiger partial charge in [0.15, 0.2) is 5.13 Å². The first-order valence-corrected chi connectivity index (χ1v) is 8.70. The second-order valence-corrected chi connectivity index (χ2v) is 6.73. The molecule has 0 atom stereocenters. The Morgan fingerprint density at radius 1 is 1.46 bits per heavy atom. The number of fused-ring (bicyclic) bond motifs is 1. The number of carbonyl (C=O) groups is 2. The van der Waals surface area contributed by atoms with Crippen LogP contribution in [0.15, 0.2) is 18.2 Å². The van der Waals surface area contributed by atoms with Gasteiger partial charge in [0.2, 0.25) is 0 Å². The zero-order valence-electron chi connectivity index (χ0n) is 13.3. The maximum absolute atomic E-state index is 11.6. The Kier molecular flexibility index (Phi) is 4.84. The van der Waals surface area contributed by atoms with Gasteiger partial charge in [-0.1, -0.05) is 24.7 Å². The predicted octanol–water partition coefficient (Wildman–Crippen LogP) is 2.71. The van der Waals surface area contributed by atoms with Crippen molar-refractivity contribution in [3.8, 4) is 0 Å². The second-order valence-electron chi connectivity index (χ2n) is 5.72. The average Bonchev–Trinajstić information content (AvgIpc) is 2.92. The summed E-state index contributed by atoms with van der Waals surface area (Å²) in [5.74, 6) is -0.943. The van der Waals surface area contributed by atoms with Gasteiger partial charge in [-0.2, -0.15) is 0 Å². The Hall–Kier alpha value is -2.35. The van der Waals surface area contributed by atoms with Gasteiger partial charge in [-0.15, -0.1) is 0 Å². The molecule has 1 aliphatic heterocycles. The summed E-state index contributed by atoms with van der Waals surface area (Å²) >= 11 is 1.46. The summed E-state index contributed by atoms with van der Waals surface area (Å²) in [6.07, 6.45) is 1.49. The van der Waals surface area contributed by atoms with Crippen molar-refractivity contribution in [2.75, 3.05) is 24.6 Å². The Balaban J connectivity index is 1.55. The lowest BCUT2D eigenvalue weighted by Gasteiger charge is -2.38. The molecule has 0 bridgehead atoms. The molecule has 0 unspecified atom stereocenters. The van der Waals surface area contributed by atoms with E-state index in [1.54, 1.807) is 18.2 Å². The maximum atomic E-state index is 11.6. The number of aromatic carboxylic acids is 1. The molecule has 0 saturated carbocycles. The molecule has 1 amide bonds. The van der Waals surface area contributed by atoms with Crippen LogP contribution in [0, 0.1) is 0 Å². The Morgan fingerprint density at radius 2 is 2.25 bits per heavy atom. The molecule has 2 N–H and O–H groups in total. The molecule has 2 heterocycles. The number of nitrogens with one attached hydrogen (secondary N) is 1. The molecule has 2 aromatic rings. The van der Waals surface area contributed by atoms with Crippen LogP contribution in [0.25, 0.3) is 10.2 Å². The normalized spacial score (nSPS) is 14.5. The molecule has 8 heteroatoms. The molecule has 0 aliphatic carbocycles. The van der Waals surface area contributed by atoms with E-state index in [1.165, 1.54) is 11.3 Å². The first kappa shape index (κ1) is 16.5. The summed E-state index contributed by atoms with van der Waals surface area (Å²) in [5.41, 5.74) is 1.05. The number of nitrogens with zero attached hydrogens (tertiary/aromatic N) is 2. The molecule has 1 saturated heterocycles. The highest BCUT2D eigenvalue weighted by Crippen LogP contribution is 2.31. The van der Waals surface area contributed by atoms with E-state index >= 15 is 0 Å². The lowest BCUT2D eigenvalue weighted by Crippen LogP contribution is -2.59. The number of unbranched alkanes of at least 4 members (excludes halogenated alkanes) is 1. The van der Waals surface area contributed by atoms with Crippen molar-refractivity contribution in [2.45, 2.75) is 25.8 Å². The van der Waals surface area contributed by atoms with Gasteiger partial charge < -0.3 is 20.1 Å². The number of benzene rings is 1. The van der Waals surface area contributed by atoms with Crippen molar-refractivity contribution < 1.29 is 19.4 Å². The minimum Gasteiger partial charge on any atom is -0.478 e. The van der Waals surface area contributed by atoms with Crippen LogP contribution in [0.1, 0.15) is 30.1 Å². The number of carbonyl (C=O) groups excluding carboxylic acids is 1. The van der Waals surface area contributed by atoms with Gasteiger partial charge in [-0.05, 0) is 24.6 Å². The molecule has 1 aromatic heterocycles. The summed E-state index contributed by atoms with van der Waals surface area (Å²) < 4.78 is 5.92. The number of carboxylic acid groups (broad SMARTS) is 1. The molecular formula is C16H19N3O4S. The van der Waals surface area contributed by atoms with Gasteiger partial charge in [-0.3, -0.25) is 0 Å². The molecule has 1 aromatic carbocycles. The number of ether oxygens (including phenoxy) is 1. The highest BCUT2D eigenvalue weighted by molar-refractivity contribution is 7.22. The summed E-state index contributed by atoms with van der Waals surface area (Å²) in [5, 5.41) is 12.7. The van der Waals surface area contributed by atoms with Crippen molar-refractivity contribution in [1.82, 2.24) is 10.3 Å². The Labute approximate surface area is 143 Å². The maximum Gasteiger partial charge on any atom is 0.407 e. The Bertz CT molecular complexity index is 755. The molecule has 7 nitrogen and oxygen atoms in total. The molecule has 3 rings (SSSR count). The highest BCUT2D eigenvalue weighted by atomic mass is 32.1. The molecule has 24 heavy (non-hydrogen) atoms. The van der Waals surface area contributed by atoms with Crippen molar-refractivity contribution in [2.24, 2.45) is 0 Å². The van der Waals surface area contributed by atoms with Gasteiger partial charge in [0.1, 0.15) is 0 Å². The lowest BCUT2D eigenvalue weighted by molar-refractivity contribution is 0.0697. The first-order valence-electron chi connectivity index (χ1n) is 7.89. The van der Waals surface area contributed by atoms with Crippen LogP contribution < -0.4 is 10.2 Å². The summed E-state index contributed by atoms with van der Waals surface area (Å²) in [6.45, 7) is 3.84. The fourth-order valence-electron chi connectivity index (χ4n) is 2.42. The van der Waals surface area contributed by atoms with Crippen LogP contribution in [0.2, 0.25) is 0 Å². The van der Waals surface area contributed by atoms with E-state index < -0.39 is 5.97 Å². The lowest BCUT2D eigenvalue weighted by atomic mass is 10.1. The minimum absolute atomic E-state index is 0.0562. The Morgan fingerprint density at radius 3 is 2.96 bits per heavy atom. The van der Waals surface area contributed by atoms with Gasteiger partial charge in [0.25, 0.3) is 0 Å². The zero-order valence-corrected chi connectivity index (χ0v) is 14.1.